The van der Waals surface area contributed by atoms with Gasteiger partial charge < -0.3 is 10.3 Å². The molecule has 1 aromatic rings. The molecule has 0 aromatic carbocycles. The predicted octanol–water partition coefficient (Wildman–Crippen LogP) is 1.10. The van der Waals surface area contributed by atoms with Crippen LogP contribution in [0.4, 0.5) is 0 Å². The van der Waals surface area contributed by atoms with Crippen LogP contribution in [0.5, 0.6) is 0 Å². The van der Waals surface area contributed by atoms with E-state index in [0.29, 0.717) is 6.04 Å². The summed E-state index contributed by atoms with van der Waals surface area (Å²) >= 11 is 0. The van der Waals surface area contributed by atoms with Crippen molar-refractivity contribution in [1.82, 2.24) is 15.3 Å². The Hall–Kier alpha value is -1.32. The summed E-state index contributed by atoms with van der Waals surface area (Å²) in [6.45, 7) is 1.97. The van der Waals surface area contributed by atoms with Gasteiger partial charge in [0, 0.05) is 24.1 Å². The summed E-state index contributed by atoms with van der Waals surface area (Å²) in [7, 11) is 0. The third kappa shape index (κ3) is 1.84. The second-order valence-corrected chi connectivity index (χ2v) is 4.97. The van der Waals surface area contributed by atoms with Crippen LogP contribution < -0.4 is 5.32 Å². The first kappa shape index (κ1) is 9.87. The van der Waals surface area contributed by atoms with Gasteiger partial charge >= 0.3 is 0 Å². The molecule has 1 atom stereocenters. The lowest BCUT2D eigenvalue weighted by Gasteiger charge is -2.20. The topological polar surface area (TPSA) is 57.8 Å². The minimum absolute atomic E-state index is 0.146. The first-order valence-electron chi connectivity index (χ1n) is 6.07. The van der Waals surface area contributed by atoms with E-state index in [4.69, 9.17) is 0 Å². The van der Waals surface area contributed by atoms with Crippen molar-refractivity contribution >= 4 is 5.91 Å². The van der Waals surface area contributed by atoms with Gasteiger partial charge in [0.05, 0.1) is 5.69 Å². The largest absolute Gasteiger partial charge is 0.353 e. The molecule has 0 saturated heterocycles. The van der Waals surface area contributed by atoms with Crippen molar-refractivity contribution in [2.75, 3.05) is 0 Å². The lowest BCUT2D eigenvalue weighted by molar-refractivity contribution is -0.125. The van der Waals surface area contributed by atoms with Crippen LogP contribution in [-0.4, -0.2) is 21.9 Å². The molecule has 4 heteroatoms. The molecule has 1 unspecified atom stereocenters. The molecular weight excluding hydrogens is 202 g/mol. The van der Waals surface area contributed by atoms with Crippen LogP contribution >= 0.6 is 0 Å². The lowest BCUT2D eigenvalue weighted by atomic mass is 9.89. The smallest absolute Gasteiger partial charge is 0.223 e. The molecule has 3 rings (SSSR count). The minimum atomic E-state index is 0.146. The quantitative estimate of drug-likeness (QED) is 0.782. The average Bonchev–Trinajstić information content (AvgIpc) is 2.96. The fraction of sp³-hybridized carbons (Fsp3) is 0.667. The zero-order valence-corrected chi connectivity index (χ0v) is 9.55. The number of hydrogen-bond acceptors (Lipinski definition) is 2. The maximum absolute atomic E-state index is 11.9. The Morgan fingerprint density at radius 2 is 2.25 bits per heavy atom. The van der Waals surface area contributed by atoms with Gasteiger partial charge in [-0.1, -0.05) is 0 Å². The number of amides is 1. The molecule has 1 saturated carbocycles. The molecule has 16 heavy (non-hydrogen) atoms. The summed E-state index contributed by atoms with van der Waals surface area (Å²) in [4.78, 5) is 19.6. The Morgan fingerprint density at radius 1 is 1.44 bits per heavy atom. The number of hydrogen-bond donors (Lipinski definition) is 2. The van der Waals surface area contributed by atoms with Gasteiger partial charge in [-0.3, -0.25) is 4.79 Å². The Labute approximate surface area is 94.8 Å². The molecule has 2 aliphatic rings. The highest BCUT2D eigenvalue weighted by atomic mass is 16.2. The molecule has 1 aromatic heterocycles. The third-order valence-corrected chi connectivity index (χ3v) is 3.46. The van der Waals surface area contributed by atoms with E-state index in [-0.39, 0.29) is 11.8 Å². The zero-order chi connectivity index (χ0) is 11.1. The van der Waals surface area contributed by atoms with Crippen molar-refractivity contribution in [3.63, 3.8) is 0 Å². The molecule has 2 N–H and O–H groups in total. The van der Waals surface area contributed by atoms with Crippen LogP contribution in [0, 0.1) is 12.8 Å². The number of aromatic nitrogens is 2. The first-order chi connectivity index (χ1) is 7.72. The van der Waals surface area contributed by atoms with Crippen LogP contribution in [-0.2, 0) is 17.6 Å². The monoisotopic (exact) mass is 219 g/mol. The van der Waals surface area contributed by atoms with Crippen molar-refractivity contribution in [2.45, 2.75) is 45.1 Å². The van der Waals surface area contributed by atoms with Crippen LogP contribution in [0.25, 0.3) is 0 Å². The molecule has 1 heterocycles. The number of nitrogens with one attached hydrogen (secondary N) is 2. The molecule has 0 radical (unpaired) electrons. The predicted molar refractivity (Wildman–Crippen MR) is 60.0 cm³/mol. The lowest BCUT2D eigenvalue weighted by Crippen LogP contribution is -2.35. The molecule has 86 valence electrons. The highest BCUT2D eigenvalue weighted by Crippen LogP contribution is 2.26. The highest BCUT2D eigenvalue weighted by molar-refractivity contribution is 5.79. The van der Waals surface area contributed by atoms with Gasteiger partial charge in [-0.05, 0) is 32.6 Å². The van der Waals surface area contributed by atoms with Crippen LogP contribution in [0.3, 0.4) is 0 Å². The Balaban J connectivity index is 1.69. The molecule has 1 amide bonds. The van der Waals surface area contributed by atoms with E-state index < -0.39 is 0 Å². The summed E-state index contributed by atoms with van der Waals surface area (Å²) in [5, 5.41) is 3.09. The number of aryl methyl sites for hydroxylation is 2. The van der Waals surface area contributed by atoms with Gasteiger partial charge in [-0.2, -0.15) is 0 Å². The van der Waals surface area contributed by atoms with Crippen molar-refractivity contribution in [1.29, 1.82) is 0 Å². The molecular formula is C12H17N3O. The summed E-state index contributed by atoms with van der Waals surface area (Å²) in [6, 6.07) is 0.470. The second kappa shape index (κ2) is 3.61. The number of H-pyrrole nitrogens is 1. The number of imidazole rings is 1. The standard InChI is InChI=1S/C12H17N3O/c1-7-13-10-5-2-8(6-11(10)14-7)12(16)15-9-3-4-9/h8-9H,2-6H2,1H3,(H,13,14)(H,15,16). The van der Waals surface area contributed by atoms with E-state index in [2.05, 4.69) is 15.3 Å². The van der Waals surface area contributed by atoms with Crippen LogP contribution in [0.1, 0.15) is 36.5 Å². The van der Waals surface area contributed by atoms with Gasteiger partial charge in [0.2, 0.25) is 5.91 Å². The summed E-state index contributed by atoms with van der Waals surface area (Å²) in [6.07, 6.45) is 5.02. The van der Waals surface area contributed by atoms with Crippen LogP contribution in [0.15, 0.2) is 0 Å². The van der Waals surface area contributed by atoms with E-state index in [0.717, 1.165) is 43.6 Å². The van der Waals surface area contributed by atoms with E-state index in [1.807, 2.05) is 6.92 Å². The maximum atomic E-state index is 11.9. The Morgan fingerprint density at radius 3 is 3.00 bits per heavy atom. The zero-order valence-electron chi connectivity index (χ0n) is 9.55. The Bertz CT molecular complexity index is 420. The SMILES string of the molecule is Cc1nc2c([nH]1)CC(C(=O)NC1CC1)CC2. The van der Waals surface area contributed by atoms with Gasteiger partial charge in [-0.15, -0.1) is 0 Å². The van der Waals surface area contributed by atoms with Gasteiger partial charge in [0.15, 0.2) is 0 Å². The number of carbonyl (C=O) groups excluding carboxylic acids is 1. The number of aromatic amines is 1. The summed E-state index contributed by atoms with van der Waals surface area (Å²) in [5.41, 5.74) is 2.33. The molecule has 0 spiro atoms. The minimum Gasteiger partial charge on any atom is -0.353 e. The molecule has 0 bridgehead atoms. The van der Waals surface area contributed by atoms with E-state index in [9.17, 15) is 4.79 Å². The third-order valence-electron chi connectivity index (χ3n) is 3.46. The van der Waals surface area contributed by atoms with Crippen molar-refractivity contribution in [2.24, 2.45) is 5.92 Å². The maximum Gasteiger partial charge on any atom is 0.223 e. The number of fused-ring (bicyclic) bond motifs is 1. The second-order valence-electron chi connectivity index (χ2n) is 4.97. The molecule has 2 aliphatic carbocycles. The molecule has 0 aliphatic heterocycles. The average molecular weight is 219 g/mol. The summed E-state index contributed by atoms with van der Waals surface area (Å²) in [5.74, 6) is 1.35. The van der Waals surface area contributed by atoms with Gasteiger partial charge in [0.25, 0.3) is 0 Å². The first-order valence-corrected chi connectivity index (χ1v) is 6.07. The molecule has 1 fully saturated rings. The number of rotatable bonds is 2. The van der Waals surface area contributed by atoms with Gasteiger partial charge in [-0.25, -0.2) is 4.98 Å². The highest BCUT2D eigenvalue weighted by Gasteiger charge is 2.30. The number of nitrogens with zero attached hydrogens (tertiary/aromatic N) is 1. The van der Waals surface area contributed by atoms with E-state index >= 15 is 0 Å². The van der Waals surface area contributed by atoms with Crippen molar-refractivity contribution < 1.29 is 4.79 Å². The van der Waals surface area contributed by atoms with Crippen molar-refractivity contribution in [3.05, 3.63) is 17.2 Å². The Kier molecular flexibility index (Phi) is 2.23. The molecule has 4 nitrogen and oxygen atoms in total. The van der Waals surface area contributed by atoms with Gasteiger partial charge in [0.1, 0.15) is 5.82 Å². The fourth-order valence-electron chi connectivity index (χ4n) is 2.39. The number of carbonyl (C=O) groups is 1. The summed E-state index contributed by atoms with van der Waals surface area (Å²) < 4.78 is 0. The van der Waals surface area contributed by atoms with E-state index in [1.54, 1.807) is 0 Å². The normalized spacial score (nSPS) is 23.9. The van der Waals surface area contributed by atoms with E-state index in [1.165, 1.54) is 5.69 Å². The van der Waals surface area contributed by atoms with Crippen molar-refractivity contribution in [3.8, 4) is 0 Å². The van der Waals surface area contributed by atoms with Crippen LogP contribution in [0.2, 0.25) is 0 Å². The fourth-order valence-corrected chi connectivity index (χ4v) is 2.39.